The smallest absolute Gasteiger partial charge is 0.201 e. The molecular weight excluding hydrogens is 226 g/mol. The summed E-state index contributed by atoms with van der Waals surface area (Å²) in [4.78, 5) is 12.5. The molecule has 3 rings (SSSR count). The molecule has 1 aromatic carbocycles. The molecule has 5 nitrogen and oxygen atoms in total. The first-order valence-electron chi connectivity index (χ1n) is 5.72. The first-order valence-corrected chi connectivity index (χ1v) is 5.72. The summed E-state index contributed by atoms with van der Waals surface area (Å²) < 4.78 is 1.96. The van der Waals surface area contributed by atoms with E-state index in [0.29, 0.717) is 12.5 Å². The van der Waals surface area contributed by atoms with Crippen LogP contribution in [0.1, 0.15) is 11.3 Å². The Balaban J connectivity index is 2.12. The Morgan fingerprint density at radius 3 is 2.94 bits per heavy atom. The Morgan fingerprint density at radius 2 is 2.17 bits per heavy atom. The van der Waals surface area contributed by atoms with Crippen molar-refractivity contribution in [3.63, 3.8) is 0 Å². The first-order chi connectivity index (χ1) is 8.75. The summed E-state index contributed by atoms with van der Waals surface area (Å²) in [5, 5.41) is 0. The van der Waals surface area contributed by atoms with Crippen LogP contribution in [0.25, 0.3) is 11.0 Å². The molecule has 0 amide bonds. The van der Waals surface area contributed by atoms with Crippen LogP contribution in [0.2, 0.25) is 0 Å². The van der Waals surface area contributed by atoms with Crippen molar-refractivity contribution in [3.05, 3.63) is 48.0 Å². The zero-order valence-corrected chi connectivity index (χ0v) is 10.0. The monoisotopic (exact) mass is 239 g/mol. The molecule has 0 radical (unpaired) electrons. The first kappa shape index (κ1) is 10.7. The molecule has 0 spiro atoms. The molecule has 0 atom stereocenters. The minimum Gasteiger partial charge on any atom is -0.369 e. The second kappa shape index (κ2) is 4.10. The second-order valence-electron chi connectivity index (χ2n) is 4.20. The fourth-order valence-electron chi connectivity index (χ4n) is 2.04. The van der Waals surface area contributed by atoms with Gasteiger partial charge >= 0.3 is 0 Å². The topological polar surface area (TPSA) is 69.6 Å². The number of fused-ring (bicyclic) bond motifs is 1. The fraction of sp³-hybridized carbons (Fsp3) is 0.154. The van der Waals surface area contributed by atoms with Gasteiger partial charge in [0.05, 0.1) is 23.3 Å². The molecule has 2 heterocycles. The lowest BCUT2D eigenvalue weighted by Crippen LogP contribution is -2.05. The highest BCUT2D eigenvalue weighted by atomic mass is 15.2. The third kappa shape index (κ3) is 1.69. The third-order valence-corrected chi connectivity index (χ3v) is 2.97. The number of aromatic nitrogens is 4. The van der Waals surface area contributed by atoms with Gasteiger partial charge in [-0.1, -0.05) is 12.1 Å². The van der Waals surface area contributed by atoms with Crippen molar-refractivity contribution in [2.75, 3.05) is 5.73 Å². The molecule has 18 heavy (non-hydrogen) atoms. The summed E-state index contributed by atoms with van der Waals surface area (Å²) >= 11 is 0. The minimum atomic E-state index is 0.512. The molecule has 0 aliphatic heterocycles. The number of hydrogen-bond donors (Lipinski definition) is 1. The molecule has 0 saturated heterocycles. The molecule has 0 aliphatic carbocycles. The van der Waals surface area contributed by atoms with Gasteiger partial charge in [-0.05, 0) is 24.6 Å². The van der Waals surface area contributed by atoms with Crippen molar-refractivity contribution in [2.24, 2.45) is 0 Å². The summed E-state index contributed by atoms with van der Waals surface area (Å²) in [6.45, 7) is 2.64. The summed E-state index contributed by atoms with van der Waals surface area (Å²) in [6, 6.07) is 7.94. The van der Waals surface area contributed by atoms with Crippen molar-refractivity contribution < 1.29 is 0 Å². The molecule has 2 N–H and O–H groups in total. The number of nitrogens with two attached hydrogens (primary N) is 1. The summed E-state index contributed by atoms with van der Waals surface area (Å²) in [5.41, 5.74) is 10.0. The van der Waals surface area contributed by atoms with Crippen LogP contribution in [0.5, 0.6) is 0 Å². The van der Waals surface area contributed by atoms with Gasteiger partial charge in [0, 0.05) is 6.20 Å². The van der Waals surface area contributed by atoms with E-state index in [9.17, 15) is 0 Å². The van der Waals surface area contributed by atoms with Crippen LogP contribution in [0, 0.1) is 6.92 Å². The molecule has 90 valence electrons. The minimum absolute atomic E-state index is 0.512. The molecule has 3 aromatic rings. The van der Waals surface area contributed by atoms with E-state index in [1.54, 1.807) is 6.20 Å². The number of nitrogens with zero attached hydrogens (tertiary/aromatic N) is 4. The highest BCUT2D eigenvalue weighted by molar-refractivity contribution is 5.81. The van der Waals surface area contributed by atoms with E-state index in [2.05, 4.69) is 15.0 Å². The molecule has 0 bridgehead atoms. The molecule has 0 unspecified atom stereocenters. The summed E-state index contributed by atoms with van der Waals surface area (Å²) in [6.07, 6.45) is 3.26. The average molecular weight is 239 g/mol. The Labute approximate surface area is 104 Å². The number of hydrogen-bond acceptors (Lipinski definition) is 4. The van der Waals surface area contributed by atoms with E-state index < -0.39 is 0 Å². The Kier molecular flexibility index (Phi) is 2.44. The van der Waals surface area contributed by atoms with Gasteiger partial charge in [-0.25, -0.2) is 15.0 Å². The molecule has 0 fully saturated rings. The van der Waals surface area contributed by atoms with Crippen molar-refractivity contribution in [1.29, 1.82) is 0 Å². The second-order valence-corrected chi connectivity index (χ2v) is 4.20. The van der Waals surface area contributed by atoms with E-state index in [-0.39, 0.29) is 0 Å². The highest BCUT2D eigenvalue weighted by Gasteiger charge is 2.10. The number of para-hydroxylation sites is 1. The number of anilines is 1. The van der Waals surface area contributed by atoms with E-state index in [1.165, 1.54) is 6.33 Å². The van der Waals surface area contributed by atoms with Gasteiger partial charge in [-0.15, -0.1) is 0 Å². The highest BCUT2D eigenvalue weighted by Crippen LogP contribution is 2.21. The van der Waals surface area contributed by atoms with Gasteiger partial charge in [0.25, 0.3) is 0 Å². The van der Waals surface area contributed by atoms with Crippen LogP contribution in [0.4, 0.5) is 5.95 Å². The predicted octanol–water partition coefficient (Wildman–Crippen LogP) is 1.77. The van der Waals surface area contributed by atoms with Crippen LogP contribution in [-0.2, 0) is 6.54 Å². The maximum Gasteiger partial charge on any atom is 0.201 e. The van der Waals surface area contributed by atoms with Gasteiger partial charge in [0.2, 0.25) is 5.95 Å². The number of imidazole rings is 1. The van der Waals surface area contributed by atoms with Crippen LogP contribution < -0.4 is 5.73 Å². The van der Waals surface area contributed by atoms with E-state index in [1.807, 2.05) is 35.8 Å². The third-order valence-electron chi connectivity index (χ3n) is 2.97. The van der Waals surface area contributed by atoms with Crippen molar-refractivity contribution in [3.8, 4) is 0 Å². The number of aryl methyl sites for hydroxylation is 1. The number of nitrogen functional groups attached to an aromatic ring is 1. The van der Waals surface area contributed by atoms with Crippen molar-refractivity contribution in [2.45, 2.75) is 13.5 Å². The van der Waals surface area contributed by atoms with Gasteiger partial charge in [-0.2, -0.15) is 0 Å². The van der Waals surface area contributed by atoms with E-state index >= 15 is 0 Å². The maximum atomic E-state index is 5.98. The lowest BCUT2D eigenvalue weighted by atomic mass is 10.2. The maximum absolute atomic E-state index is 5.98. The van der Waals surface area contributed by atoms with Gasteiger partial charge in [0.15, 0.2) is 0 Å². The van der Waals surface area contributed by atoms with Gasteiger partial charge in [0.1, 0.15) is 6.33 Å². The number of rotatable bonds is 2. The lowest BCUT2D eigenvalue weighted by Gasteiger charge is -2.05. The zero-order valence-electron chi connectivity index (χ0n) is 10.0. The molecule has 5 heteroatoms. The molecule has 0 saturated carbocycles. The fourth-order valence-corrected chi connectivity index (χ4v) is 2.04. The quantitative estimate of drug-likeness (QED) is 0.739. The standard InChI is InChI=1S/C13H13N5/c1-9-3-2-4-11-12(9)17-13(14)18(11)7-10-5-6-15-8-16-10/h2-6,8H,7H2,1H3,(H2,14,17). The van der Waals surface area contributed by atoms with Gasteiger partial charge in [-0.3, -0.25) is 0 Å². The lowest BCUT2D eigenvalue weighted by molar-refractivity contribution is 0.803. The molecule has 2 aromatic heterocycles. The van der Waals surface area contributed by atoms with Crippen molar-refractivity contribution in [1.82, 2.24) is 19.5 Å². The van der Waals surface area contributed by atoms with Crippen molar-refractivity contribution >= 4 is 17.0 Å². The predicted molar refractivity (Wildman–Crippen MR) is 70.0 cm³/mol. The normalized spacial score (nSPS) is 10.9. The van der Waals surface area contributed by atoms with E-state index in [4.69, 9.17) is 5.73 Å². The summed E-state index contributed by atoms with van der Waals surface area (Å²) in [7, 11) is 0. The van der Waals surface area contributed by atoms with Crippen LogP contribution in [0.15, 0.2) is 36.8 Å². The van der Waals surface area contributed by atoms with Crippen LogP contribution >= 0.6 is 0 Å². The molecular formula is C13H13N5. The number of benzene rings is 1. The molecule has 0 aliphatic rings. The van der Waals surface area contributed by atoms with E-state index in [0.717, 1.165) is 22.3 Å². The Bertz CT molecular complexity index is 687. The van der Waals surface area contributed by atoms with Crippen LogP contribution in [-0.4, -0.2) is 19.5 Å². The Morgan fingerprint density at radius 1 is 1.28 bits per heavy atom. The zero-order chi connectivity index (χ0) is 12.5. The average Bonchev–Trinajstić information content (AvgIpc) is 2.70. The SMILES string of the molecule is Cc1cccc2c1nc(N)n2Cc1ccncn1. The summed E-state index contributed by atoms with van der Waals surface area (Å²) in [5.74, 6) is 0.512. The largest absolute Gasteiger partial charge is 0.369 e. The Hall–Kier alpha value is -2.43. The van der Waals surface area contributed by atoms with Crippen LogP contribution in [0.3, 0.4) is 0 Å². The van der Waals surface area contributed by atoms with Gasteiger partial charge < -0.3 is 10.3 Å².